The summed E-state index contributed by atoms with van der Waals surface area (Å²) < 4.78 is 15.2. The third-order valence-electron chi connectivity index (χ3n) is 5.07. The molecule has 2 aromatic heterocycles. The molecule has 29 heavy (non-hydrogen) atoms. The normalized spacial score (nSPS) is 16.7. The highest BCUT2D eigenvalue weighted by Crippen LogP contribution is 2.24. The van der Waals surface area contributed by atoms with E-state index in [1.54, 1.807) is 16.8 Å². The summed E-state index contributed by atoms with van der Waals surface area (Å²) in [6, 6.07) is 9.84. The van der Waals surface area contributed by atoms with Crippen LogP contribution < -0.4 is 10.2 Å². The van der Waals surface area contributed by atoms with Gasteiger partial charge in [-0.25, -0.2) is 19.0 Å². The Kier molecular flexibility index (Phi) is 5.24. The zero-order valence-corrected chi connectivity index (χ0v) is 16.5. The number of benzene rings is 1. The molecule has 150 valence electrons. The van der Waals surface area contributed by atoms with Gasteiger partial charge in [-0.05, 0) is 51.0 Å². The molecular weight excluding hydrogens is 371 g/mol. The maximum atomic E-state index is 13.4. The number of halogens is 1. The fourth-order valence-corrected chi connectivity index (χ4v) is 3.70. The largest absolute Gasteiger partial charge is 0.356 e. The van der Waals surface area contributed by atoms with E-state index in [1.165, 1.54) is 18.5 Å². The van der Waals surface area contributed by atoms with Gasteiger partial charge in [-0.15, -0.1) is 0 Å². The van der Waals surface area contributed by atoms with Crippen molar-refractivity contribution in [1.82, 2.24) is 19.7 Å². The van der Waals surface area contributed by atoms with E-state index in [0.717, 1.165) is 36.6 Å². The van der Waals surface area contributed by atoms with E-state index in [0.29, 0.717) is 18.1 Å². The van der Waals surface area contributed by atoms with Crippen molar-refractivity contribution in [3.8, 4) is 5.82 Å². The summed E-state index contributed by atoms with van der Waals surface area (Å²) in [7, 11) is 0. The molecule has 1 aliphatic heterocycles. The van der Waals surface area contributed by atoms with Crippen LogP contribution in [0, 0.1) is 25.6 Å². The smallest absolute Gasteiger partial charge is 0.229 e. The second-order valence-electron chi connectivity index (χ2n) is 7.36. The van der Waals surface area contributed by atoms with Crippen molar-refractivity contribution < 1.29 is 9.18 Å². The van der Waals surface area contributed by atoms with Gasteiger partial charge in [0.05, 0.1) is 11.6 Å². The highest BCUT2D eigenvalue weighted by atomic mass is 19.1. The molecule has 0 saturated carbocycles. The summed E-state index contributed by atoms with van der Waals surface area (Å²) in [6.07, 6.45) is 3.19. The minimum absolute atomic E-state index is 0.104. The average molecular weight is 394 g/mol. The highest BCUT2D eigenvalue weighted by Gasteiger charge is 2.27. The molecule has 7 nitrogen and oxygen atoms in total. The topological polar surface area (TPSA) is 75.9 Å². The van der Waals surface area contributed by atoms with Crippen LogP contribution in [0.4, 0.5) is 15.9 Å². The van der Waals surface area contributed by atoms with Gasteiger partial charge in [-0.2, -0.15) is 5.10 Å². The lowest BCUT2D eigenvalue weighted by molar-refractivity contribution is -0.120. The van der Waals surface area contributed by atoms with Crippen LogP contribution in [-0.2, 0) is 4.79 Å². The van der Waals surface area contributed by atoms with Gasteiger partial charge >= 0.3 is 0 Å². The van der Waals surface area contributed by atoms with Gasteiger partial charge in [-0.3, -0.25) is 4.79 Å². The molecule has 0 bridgehead atoms. The second-order valence-corrected chi connectivity index (χ2v) is 7.36. The number of aromatic nitrogens is 4. The monoisotopic (exact) mass is 394 g/mol. The van der Waals surface area contributed by atoms with Crippen LogP contribution in [0.2, 0.25) is 0 Å². The van der Waals surface area contributed by atoms with Crippen LogP contribution in [0.5, 0.6) is 0 Å². The number of amides is 1. The van der Waals surface area contributed by atoms with Crippen molar-refractivity contribution >= 4 is 17.4 Å². The molecule has 0 aliphatic carbocycles. The van der Waals surface area contributed by atoms with Crippen LogP contribution in [0.3, 0.4) is 0 Å². The Balaban J connectivity index is 1.49. The lowest BCUT2D eigenvalue weighted by Gasteiger charge is -2.32. The molecule has 3 aromatic rings. The molecule has 1 aromatic carbocycles. The predicted molar refractivity (Wildman–Crippen MR) is 109 cm³/mol. The minimum atomic E-state index is -0.370. The molecule has 1 N–H and O–H groups in total. The van der Waals surface area contributed by atoms with Crippen molar-refractivity contribution in [2.75, 3.05) is 23.3 Å². The number of hydrogen-bond acceptors (Lipinski definition) is 5. The van der Waals surface area contributed by atoms with E-state index in [2.05, 4.69) is 25.3 Å². The molecule has 0 spiro atoms. The van der Waals surface area contributed by atoms with Crippen LogP contribution in [0.25, 0.3) is 5.82 Å². The van der Waals surface area contributed by atoms with Gasteiger partial charge in [0.1, 0.15) is 18.0 Å². The Morgan fingerprint density at radius 1 is 1.17 bits per heavy atom. The number of piperidine rings is 1. The summed E-state index contributed by atoms with van der Waals surface area (Å²) in [6.45, 7) is 5.29. The molecule has 1 atom stereocenters. The third-order valence-corrected chi connectivity index (χ3v) is 5.07. The lowest BCUT2D eigenvalue weighted by Crippen LogP contribution is -2.41. The quantitative estimate of drug-likeness (QED) is 0.735. The lowest BCUT2D eigenvalue weighted by atomic mass is 9.97. The van der Waals surface area contributed by atoms with E-state index >= 15 is 0 Å². The minimum Gasteiger partial charge on any atom is -0.356 e. The van der Waals surface area contributed by atoms with Gasteiger partial charge in [-0.1, -0.05) is 6.07 Å². The third kappa shape index (κ3) is 4.26. The molecule has 0 radical (unpaired) electrons. The fourth-order valence-electron chi connectivity index (χ4n) is 3.70. The molecule has 1 amide bonds. The molecule has 1 aliphatic rings. The van der Waals surface area contributed by atoms with Gasteiger partial charge < -0.3 is 10.2 Å². The fraction of sp³-hybridized carbons (Fsp3) is 0.333. The standard InChI is InChI=1S/C21H23FN6O/c1-14-9-15(2)28(26-14)20-11-19(23-13-24-20)27-8-4-5-16(12-27)21(29)25-18-7-3-6-17(22)10-18/h3,6-7,9-11,13,16H,4-5,8,12H2,1-2H3,(H,25,29). The number of anilines is 2. The zero-order valence-electron chi connectivity index (χ0n) is 16.5. The van der Waals surface area contributed by atoms with Crippen molar-refractivity contribution in [2.45, 2.75) is 26.7 Å². The van der Waals surface area contributed by atoms with Crippen LogP contribution in [0.15, 0.2) is 42.7 Å². The zero-order chi connectivity index (χ0) is 20.4. The van der Waals surface area contributed by atoms with E-state index in [4.69, 9.17) is 0 Å². The molecule has 1 unspecified atom stereocenters. The number of nitrogens with one attached hydrogen (secondary N) is 1. The van der Waals surface area contributed by atoms with E-state index in [1.807, 2.05) is 26.0 Å². The summed E-state index contributed by atoms with van der Waals surface area (Å²) in [5.41, 5.74) is 2.40. The maximum absolute atomic E-state index is 13.4. The van der Waals surface area contributed by atoms with E-state index in [-0.39, 0.29) is 17.6 Å². The van der Waals surface area contributed by atoms with Crippen molar-refractivity contribution in [2.24, 2.45) is 5.92 Å². The highest BCUT2D eigenvalue weighted by molar-refractivity contribution is 5.93. The Morgan fingerprint density at radius 3 is 2.76 bits per heavy atom. The molecule has 8 heteroatoms. The molecule has 1 saturated heterocycles. The summed E-state index contributed by atoms with van der Waals surface area (Å²) >= 11 is 0. The van der Waals surface area contributed by atoms with E-state index < -0.39 is 0 Å². The maximum Gasteiger partial charge on any atom is 0.229 e. The Bertz CT molecular complexity index is 1030. The SMILES string of the molecule is Cc1cc(C)n(-c2cc(N3CCCC(C(=O)Nc4cccc(F)c4)C3)ncn2)n1. The molecular formula is C21H23FN6O. The van der Waals surface area contributed by atoms with E-state index in [9.17, 15) is 9.18 Å². The summed E-state index contributed by atoms with van der Waals surface area (Å²) in [5, 5.41) is 7.30. The number of aryl methyl sites for hydroxylation is 2. The summed E-state index contributed by atoms with van der Waals surface area (Å²) in [4.78, 5) is 23.5. The van der Waals surface area contributed by atoms with Crippen molar-refractivity contribution in [1.29, 1.82) is 0 Å². The Morgan fingerprint density at radius 2 is 2.00 bits per heavy atom. The first-order valence-electron chi connectivity index (χ1n) is 9.66. The molecule has 4 rings (SSSR count). The number of carbonyl (C=O) groups is 1. The second kappa shape index (κ2) is 7.98. The van der Waals surface area contributed by atoms with Crippen molar-refractivity contribution in [3.05, 3.63) is 59.9 Å². The first kappa shape index (κ1) is 19.0. The van der Waals surface area contributed by atoms with Gasteiger partial charge in [0.15, 0.2) is 5.82 Å². The van der Waals surface area contributed by atoms with Crippen LogP contribution >= 0.6 is 0 Å². The molecule has 1 fully saturated rings. The van der Waals surface area contributed by atoms with Crippen LogP contribution in [-0.4, -0.2) is 38.7 Å². The summed E-state index contributed by atoms with van der Waals surface area (Å²) in [5.74, 6) is 0.802. The predicted octanol–water partition coefficient (Wildman–Crippen LogP) is 3.27. The van der Waals surface area contributed by atoms with Gasteiger partial charge in [0.25, 0.3) is 0 Å². The molecule has 3 heterocycles. The number of rotatable bonds is 4. The number of hydrogen-bond donors (Lipinski definition) is 1. The first-order chi connectivity index (χ1) is 14.0. The average Bonchev–Trinajstić information content (AvgIpc) is 3.06. The van der Waals surface area contributed by atoms with Gasteiger partial charge in [0, 0.05) is 30.5 Å². The van der Waals surface area contributed by atoms with Crippen molar-refractivity contribution in [3.63, 3.8) is 0 Å². The first-order valence-corrected chi connectivity index (χ1v) is 9.66. The van der Waals surface area contributed by atoms with Crippen LogP contribution in [0.1, 0.15) is 24.2 Å². The van der Waals surface area contributed by atoms with Gasteiger partial charge in [0.2, 0.25) is 5.91 Å². The Labute approximate surface area is 168 Å². The number of nitrogens with zero attached hydrogens (tertiary/aromatic N) is 5. The Hall–Kier alpha value is -3.29. The number of carbonyl (C=O) groups excluding carboxylic acids is 1.